The van der Waals surface area contributed by atoms with E-state index in [1.54, 1.807) is 36.1 Å². The molecule has 4 rings (SSSR count). The quantitative estimate of drug-likeness (QED) is 0.497. The molecule has 10 nitrogen and oxygen atoms in total. The molecule has 1 atom stereocenters. The molecule has 2 saturated heterocycles. The average molecular weight is 478 g/mol. The number of hydrogen-bond donors (Lipinski definition) is 3. The number of imide groups is 1. The fourth-order valence-corrected chi connectivity index (χ4v) is 4.14. The SMILES string of the molecule is CC1(CCc2ccccc2)NC(=O)N(NC(=O)CNC(=O)c2ccc(N3CCCC3=O)cc2)C1=O. The van der Waals surface area contributed by atoms with Crippen LogP contribution in [0.1, 0.15) is 42.1 Å². The van der Waals surface area contributed by atoms with Crippen LogP contribution in [0.5, 0.6) is 0 Å². The summed E-state index contributed by atoms with van der Waals surface area (Å²) >= 11 is 0. The molecule has 0 bridgehead atoms. The molecule has 0 saturated carbocycles. The number of urea groups is 1. The van der Waals surface area contributed by atoms with E-state index in [1.807, 2.05) is 30.3 Å². The molecule has 2 aliphatic rings. The van der Waals surface area contributed by atoms with E-state index >= 15 is 0 Å². The molecule has 6 amide bonds. The Labute approximate surface area is 202 Å². The zero-order chi connectivity index (χ0) is 25.0. The van der Waals surface area contributed by atoms with Crippen LogP contribution in [0, 0.1) is 0 Å². The number of hydrazine groups is 1. The Balaban J connectivity index is 1.28. The number of nitrogens with one attached hydrogen (secondary N) is 3. The molecular weight excluding hydrogens is 450 g/mol. The van der Waals surface area contributed by atoms with Gasteiger partial charge in [0.1, 0.15) is 5.54 Å². The number of hydrogen-bond acceptors (Lipinski definition) is 5. The van der Waals surface area contributed by atoms with Crippen molar-refractivity contribution in [1.29, 1.82) is 0 Å². The molecule has 2 aromatic carbocycles. The van der Waals surface area contributed by atoms with Gasteiger partial charge in [0, 0.05) is 24.2 Å². The van der Waals surface area contributed by atoms with E-state index in [0.29, 0.717) is 36.4 Å². The summed E-state index contributed by atoms with van der Waals surface area (Å²) in [6.45, 7) is 1.84. The molecule has 3 N–H and O–H groups in total. The largest absolute Gasteiger partial charge is 0.344 e. The Hall–Kier alpha value is -4.21. The molecule has 35 heavy (non-hydrogen) atoms. The first-order chi connectivity index (χ1) is 16.8. The van der Waals surface area contributed by atoms with Crippen LogP contribution >= 0.6 is 0 Å². The Morgan fingerprint density at radius 3 is 2.40 bits per heavy atom. The monoisotopic (exact) mass is 477 g/mol. The van der Waals surface area contributed by atoms with Crippen molar-refractivity contribution in [2.24, 2.45) is 0 Å². The summed E-state index contributed by atoms with van der Waals surface area (Å²) in [5.41, 5.74) is 3.18. The van der Waals surface area contributed by atoms with Gasteiger partial charge in [0.15, 0.2) is 0 Å². The number of nitrogens with zero attached hydrogens (tertiary/aromatic N) is 2. The van der Waals surface area contributed by atoms with Crippen molar-refractivity contribution in [1.82, 2.24) is 21.1 Å². The molecule has 0 aromatic heterocycles. The first kappa shape index (κ1) is 23.9. The lowest BCUT2D eigenvalue weighted by Crippen LogP contribution is -2.51. The van der Waals surface area contributed by atoms with Gasteiger partial charge in [-0.2, -0.15) is 5.01 Å². The van der Waals surface area contributed by atoms with Gasteiger partial charge in [0.2, 0.25) is 5.91 Å². The van der Waals surface area contributed by atoms with Crippen LogP contribution < -0.4 is 21.0 Å². The van der Waals surface area contributed by atoms with E-state index in [4.69, 9.17) is 0 Å². The maximum atomic E-state index is 12.8. The van der Waals surface area contributed by atoms with Gasteiger partial charge >= 0.3 is 6.03 Å². The topological polar surface area (TPSA) is 128 Å². The predicted octanol–water partition coefficient (Wildman–Crippen LogP) is 1.52. The van der Waals surface area contributed by atoms with Crippen molar-refractivity contribution < 1.29 is 24.0 Å². The van der Waals surface area contributed by atoms with Crippen LogP contribution in [0.2, 0.25) is 0 Å². The zero-order valence-electron chi connectivity index (χ0n) is 19.4. The third-order valence-corrected chi connectivity index (χ3v) is 6.18. The van der Waals surface area contributed by atoms with Crippen molar-refractivity contribution in [3.05, 3.63) is 65.7 Å². The molecule has 182 valence electrons. The molecule has 0 aliphatic carbocycles. The van der Waals surface area contributed by atoms with Crippen molar-refractivity contribution >= 4 is 35.3 Å². The Kier molecular flexibility index (Phi) is 6.81. The minimum Gasteiger partial charge on any atom is -0.343 e. The van der Waals surface area contributed by atoms with Gasteiger partial charge in [0.05, 0.1) is 6.54 Å². The van der Waals surface area contributed by atoms with Gasteiger partial charge < -0.3 is 15.5 Å². The van der Waals surface area contributed by atoms with E-state index in [0.717, 1.165) is 17.7 Å². The Morgan fingerprint density at radius 1 is 1.03 bits per heavy atom. The van der Waals surface area contributed by atoms with Crippen LogP contribution in [0.15, 0.2) is 54.6 Å². The lowest BCUT2D eigenvalue weighted by Gasteiger charge is -2.21. The molecule has 2 aromatic rings. The fourth-order valence-electron chi connectivity index (χ4n) is 4.14. The van der Waals surface area contributed by atoms with Gasteiger partial charge in [-0.15, -0.1) is 0 Å². The van der Waals surface area contributed by atoms with Crippen molar-refractivity contribution in [3.8, 4) is 0 Å². The Morgan fingerprint density at radius 2 is 1.74 bits per heavy atom. The number of amides is 6. The highest BCUT2D eigenvalue weighted by Gasteiger charge is 2.48. The van der Waals surface area contributed by atoms with Gasteiger partial charge in [-0.25, -0.2) is 4.79 Å². The summed E-state index contributed by atoms with van der Waals surface area (Å²) < 4.78 is 0. The molecule has 10 heteroatoms. The Bertz CT molecular complexity index is 1150. The van der Waals surface area contributed by atoms with Crippen LogP contribution in [-0.2, 0) is 20.8 Å². The summed E-state index contributed by atoms with van der Waals surface area (Å²) in [5, 5.41) is 5.76. The van der Waals surface area contributed by atoms with E-state index in [9.17, 15) is 24.0 Å². The van der Waals surface area contributed by atoms with Gasteiger partial charge in [-0.1, -0.05) is 30.3 Å². The summed E-state index contributed by atoms with van der Waals surface area (Å²) in [6.07, 6.45) is 2.26. The molecule has 2 aliphatic heterocycles. The fraction of sp³-hybridized carbons (Fsp3) is 0.320. The minimum atomic E-state index is -1.15. The third kappa shape index (κ3) is 5.32. The second-order valence-corrected chi connectivity index (χ2v) is 8.80. The first-order valence-corrected chi connectivity index (χ1v) is 11.5. The van der Waals surface area contributed by atoms with Gasteiger partial charge in [-0.05, 0) is 56.0 Å². The summed E-state index contributed by atoms with van der Waals surface area (Å²) in [6, 6.07) is 15.4. The normalized spacial score (nSPS) is 19.6. The standard InChI is InChI=1S/C25H27N5O5/c1-25(14-13-17-6-3-2-4-7-17)23(34)30(24(35)27-25)28-20(31)16-26-22(33)18-9-11-19(12-10-18)29-15-5-8-21(29)32/h2-4,6-7,9-12H,5,8,13-16H2,1H3,(H,26,33)(H,27,35)(H,28,31). The maximum Gasteiger partial charge on any atom is 0.344 e. The smallest absolute Gasteiger partial charge is 0.343 e. The van der Waals surface area contributed by atoms with Crippen LogP contribution in [-0.4, -0.2) is 53.3 Å². The number of aryl methyl sites for hydroxylation is 1. The van der Waals surface area contributed by atoms with Crippen LogP contribution in [0.25, 0.3) is 0 Å². The highest BCUT2D eigenvalue weighted by atomic mass is 16.2. The van der Waals surface area contributed by atoms with E-state index in [1.165, 1.54) is 0 Å². The second-order valence-electron chi connectivity index (χ2n) is 8.80. The molecule has 2 heterocycles. The number of anilines is 1. The highest BCUT2D eigenvalue weighted by molar-refractivity contribution is 6.08. The van der Waals surface area contributed by atoms with Crippen molar-refractivity contribution in [2.75, 3.05) is 18.0 Å². The zero-order valence-corrected chi connectivity index (χ0v) is 19.4. The van der Waals surface area contributed by atoms with Gasteiger partial charge in [-0.3, -0.25) is 24.6 Å². The lowest BCUT2D eigenvalue weighted by atomic mass is 9.93. The number of benzene rings is 2. The molecule has 0 radical (unpaired) electrons. The van der Waals surface area contributed by atoms with Crippen molar-refractivity contribution in [3.63, 3.8) is 0 Å². The molecule has 2 fully saturated rings. The predicted molar refractivity (Wildman–Crippen MR) is 127 cm³/mol. The number of carbonyl (C=O) groups excluding carboxylic acids is 5. The second kappa shape index (κ2) is 9.96. The number of rotatable bonds is 8. The van der Waals surface area contributed by atoms with E-state index in [-0.39, 0.29) is 5.91 Å². The van der Waals surface area contributed by atoms with Crippen molar-refractivity contribution in [2.45, 2.75) is 38.1 Å². The summed E-state index contributed by atoms with van der Waals surface area (Å²) in [5.74, 6) is -1.72. The third-order valence-electron chi connectivity index (χ3n) is 6.18. The molecular formula is C25H27N5O5. The first-order valence-electron chi connectivity index (χ1n) is 11.5. The number of carbonyl (C=O) groups is 5. The summed E-state index contributed by atoms with van der Waals surface area (Å²) in [4.78, 5) is 63.4. The maximum absolute atomic E-state index is 12.8. The van der Waals surface area contributed by atoms with Crippen LogP contribution in [0.3, 0.4) is 0 Å². The highest BCUT2D eigenvalue weighted by Crippen LogP contribution is 2.23. The van der Waals surface area contributed by atoms with E-state index < -0.39 is 35.8 Å². The lowest BCUT2D eigenvalue weighted by molar-refractivity contribution is -0.138. The van der Waals surface area contributed by atoms with E-state index in [2.05, 4.69) is 16.1 Å². The minimum absolute atomic E-state index is 0.0514. The van der Waals surface area contributed by atoms with Crippen LogP contribution in [0.4, 0.5) is 10.5 Å². The average Bonchev–Trinajstić information content (AvgIpc) is 3.38. The van der Waals surface area contributed by atoms with Gasteiger partial charge in [0.25, 0.3) is 17.7 Å². The molecule has 0 spiro atoms. The molecule has 1 unspecified atom stereocenters. The summed E-state index contributed by atoms with van der Waals surface area (Å²) in [7, 11) is 0.